The van der Waals surface area contributed by atoms with E-state index in [1.807, 2.05) is 29.2 Å². The number of nitrogens with one attached hydrogen (secondary N) is 1. The summed E-state index contributed by atoms with van der Waals surface area (Å²) in [6, 6.07) is 4.05. The Morgan fingerprint density at radius 3 is 2.28 bits per heavy atom. The molecule has 1 aromatic heterocycles. The molecule has 0 spiro atoms. The molecule has 1 aliphatic rings. The SMILES string of the molecule is CCNC(=NCCn1cc(C)cn1)N1CCN(Cc2cc(OC)c(OC)c(OC)c2)CC1. The molecule has 1 fully saturated rings. The van der Waals surface area contributed by atoms with E-state index in [1.165, 1.54) is 5.56 Å². The molecule has 0 radical (unpaired) electrons. The zero-order valence-corrected chi connectivity index (χ0v) is 19.9. The van der Waals surface area contributed by atoms with Gasteiger partial charge in [0.05, 0.1) is 40.6 Å². The van der Waals surface area contributed by atoms with Crippen molar-refractivity contribution in [3.8, 4) is 17.2 Å². The first-order valence-electron chi connectivity index (χ1n) is 11.1. The fraction of sp³-hybridized carbons (Fsp3) is 0.565. The van der Waals surface area contributed by atoms with Crippen LogP contribution in [-0.4, -0.2) is 86.1 Å². The molecule has 0 atom stereocenters. The summed E-state index contributed by atoms with van der Waals surface area (Å²) in [5.41, 5.74) is 2.31. The van der Waals surface area contributed by atoms with Crippen molar-refractivity contribution in [1.82, 2.24) is 24.9 Å². The van der Waals surface area contributed by atoms with Gasteiger partial charge in [-0.15, -0.1) is 0 Å². The van der Waals surface area contributed by atoms with E-state index in [4.69, 9.17) is 19.2 Å². The van der Waals surface area contributed by atoms with Gasteiger partial charge < -0.3 is 24.4 Å². The van der Waals surface area contributed by atoms with Crippen LogP contribution in [0, 0.1) is 6.92 Å². The minimum atomic E-state index is 0.625. The van der Waals surface area contributed by atoms with Crippen molar-refractivity contribution in [3.05, 3.63) is 35.7 Å². The van der Waals surface area contributed by atoms with Gasteiger partial charge in [-0.25, -0.2) is 0 Å². The Balaban J connectivity index is 1.57. The number of hydrogen-bond acceptors (Lipinski definition) is 6. The number of nitrogens with zero attached hydrogens (tertiary/aromatic N) is 5. The molecule has 2 aromatic rings. The second-order valence-electron chi connectivity index (χ2n) is 7.81. The Kier molecular flexibility index (Phi) is 8.61. The van der Waals surface area contributed by atoms with Gasteiger partial charge in [-0.1, -0.05) is 0 Å². The van der Waals surface area contributed by atoms with Crippen LogP contribution in [0.5, 0.6) is 17.2 Å². The minimum Gasteiger partial charge on any atom is -0.493 e. The highest BCUT2D eigenvalue weighted by Crippen LogP contribution is 2.38. The van der Waals surface area contributed by atoms with E-state index in [1.54, 1.807) is 21.3 Å². The van der Waals surface area contributed by atoms with Gasteiger partial charge in [-0.2, -0.15) is 5.10 Å². The molecule has 1 aliphatic heterocycles. The van der Waals surface area contributed by atoms with Gasteiger partial charge in [-0.05, 0) is 37.1 Å². The Morgan fingerprint density at radius 2 is 1.75 bits per heavy atom. The number of aromatic nitrogens is 2. The molecule has 9 heteroatoms. The largest absolute Gasteiger partial charge is 0.493 e. The number of rotatable bonds is 9. The summed E-state index contributed by atoms with van der Waals surface area (Å²) in [4.78, 5) is 9.59. The summed E-state index contributed by atoms with van der Waals surface area (Å²) in [5, 5.41) is 7.77. The predicted molar refractivity (Wildman–Crippen MR) is 126 cm³/mol. The molecule has 0 bridgehead atoms. The highest BCUT2D eigenvalue weighted by atomic mass is 16.5. The van der Waals surface area contributed by atoms with Crippen LogP contribution in [0.1, 0.15) is 18.1 Å². The molecule has 1 aromatic carbocycles. The molecule has 0 unspecified atom stereocenters. The van der Waals surface area contributed by atoms with Gasteiger partial charge in [0, 0.05) is 45.5 Å². The summed E-state index contributed by atoms with van der Waals surface area (Å²) in [5.74, 6) is 2.98. The van der Waals surface area contributed by atoms with E-state index < -0.39 is 0 Å². The molecule has 0 saturated carbocycles. The fourth-order valence-corrected chi connectivity index (χ4v) is 3.88. The zero-order chi connectivity index (χ0) is 22.9. The molecule has 0 aliphatic carbocycles. The van der Waals surface area contributed by atoms with E-state index >= 15 is 0 Å². The van der Waals surface area contributed by atoms with E-state index in [2.05, 4.69) is 34.1 Å². The van der Waals surface area contributed by atoms with Crippen LogP contribution in [0.2, 0.25) is 0 Å². The van der Waals surface area contributed by atoms with Crippen LogP contribution in [0.25, 0.3) is 0 Å². The lowest BCUT2D eigenvalue weighted by Crippen LogP contribution is -2.52. The third kappa shape index (κ3) is 6.06. The van der Waals surface area contributed by atoms with Crippen LogP contribution in [0.15, 0.2) is 29.5 Å². The first-order valence-corrected chi connectivity index (χ1v) is 11.1. The molecule has 1 saturated heterocycles. The summed E-state index contributed by atoms with van der Waals surface area (Å²) in [7, 11) is 4.92. The molecule has 32 heavy (non-hydrogen) atoms. The van der Waals surface area contributed by atoms with Crippen molar-refractivity contribution in [3.63, 3.8) is 0 Å². The number of hydrogen-bond donors (Lipinski definition) is 1. The third-order valence-corrected chi connectivity index (χ3v) is 5.49. The number of aryl methyl sites for hydroxylation is 1. The van der Waals surface area contributed by atoms with Crippen molar-refractivity contribution in [2.75, 3.05) is 60.6 Å². The highest BCUT2D eigenvalue weighted by Gasteiger charge is 2.21. The Morgan fingerprint density at radius 1 is 1.06 bits per heavy atom. The van der Waals surface area contributed by atoms with Crippen LogP contribution >= 0.6 is 0 Å². The molecular formula is C23H36N6O3. The Hall–Kier alpha value is -2.94. The van der Waals surface area contributed by atoms with Crippen LogP contribution in [0.4, 0.5) is 0 Å². The van der Waals surface area contributed by atoms with Gasteiger partial charge >= 0.3 is 0 Å². The second-order valence-corrected chi connectivity index (χ2v) is 7.81. The number of guanidine groups is 1. The average Bonchev–Trinajstić information content (AvgIpc) is 3.23. The normalized spacial score (nSPS) is 15.0. The standard InChI is InChI=1S/C23H36N6O3/c1-6-24-23(25-7-8-29-16-18(2)15-26-29)28-11-9-27(10-12-28)17-19-13-20(30-3)22(32-5)21(14-19)31-4/h13-16H,6-12,17H2,1-5H3,(H,24,25). The second kappa shape index (κ2) is 11.6. The minimum absolute atomic E-state index is 0.625. The number of benzene rings is 1. The molecule has 9 nitrogen and oxygen atoms in total. The lowest BCUT2D eigenvalue weighted by molar-refractivity contribution is 0.172. The first-order chi connectivity index (χ1) is 15.6. The van der Waals surface area contributed by atoms with Crippen molar-refractivity contribution in [1.29, 1.82) is 0 Å². The maximum Gasteiger partial charge on any atom is 0.203 e. The van der Waals surface area contributed by atoms with Crippen LogP contribution in [0.3, 0.4) is 0 Å². The van der Waals surface area contributed by atoms with Gasteiger partial charge in [0.25, 0.3) is 0 Å². The van der Waals surface area contributed by atoms with Gasteiger partial charge in [0.2, 0.25) is 5.75 Å². The van der Waals surface area contributed by atoms with Crippen molar-refractivity contribution >= 4 is 5.96 Å². The fourth-order valence-electron chi connectivity index (χ4n) is 3.88. The number of piperazine rings is 1. The maximum absolute atomic E-state index is 5.49. The molecule has 2 heterocycles. The van der Waals surface area contributed by atoms with Gasteiger partial charge in [0.15, 0.2) is 17.5 Å². The van der Waals surface area contributed by atoms with E-state index in [0.29, 0.717) is 23.8 Å². The summed E-state index contributed by atoms with van der Waals surface area (Å²) in [6.45, 7) is 11.1. The maximum atomic E-state index is 5.49. The predicted octanol–water partition coefficient (Wildman–Crippen LogP) is 2.00. The zero-order valence-electron chi connectivity index (χ0n) is 19.9. The summed E-state index contributed by atoms with van der Waals surface area (Å²) in [6.07, 6.45) is 3.92. The van der Waals surface area contributed by atoms with Crippen LogP contribution < -0.4 is 19.5 Å². The van der Waals surface area contributed by atoms with Crippen LogP contribution in [-0.2, 0) is 13.1 Å². The van der Waals surface area contributed by atoms with Crippen molar-refractivity contribution in [2.24, 2.45) is 4.99 Å². The number of ether oxygens (including phenoxy) is 3. The summed E-state index contributed by atoms with van der Waals surface area (Å²) < 4.78 is 18.4. The van der Waals surface area contributed by atoms with Gasteiger partial charge in [0.1, 0.15) is 0 Å². The first kappa shape index (κ1) is 23.7. The lowest BCUT2D eigenvalue weighted by atomic mass is 10.1. The topological polar surface area (TPSA) is 76.4 Å². The monoisotopic (exact) mass is 444 g/mol. The summed E-state index contributed by atoms with van der Waals surface area (Å²) >= 11 is 0. The molecule has 3 rings (SSSR count). The van der Waals surface area contributed by atoms with Crippen molar-refractivity contribution < 1.29 is 14.2 Å². The molecular weight excluding hydrogens is 408 g/mol. The van der Waals surface area contributed by atoms with E-state index in [-0.39, 0.29) is 0 Å². The smallest absolute Gasteiger partial charge is 0.203 e. The molecule has 0 amide bonds. The quantitative estimate of drug-likeness (QED) is 0.468. The highest BCUT2D eigenvalue weighted by molar-refractivity contribution is 5.80. The average molecular weight is 445 g/mol. The lowest BCUT2D eigenvalue weighted by Gasteiger charge is -2.36. The Labute approximate surface area is 191 Å². The van der Waals surface area contributed by atoms with E-state index in [0.717, 1.165) is 57.3 Å². The Bertz CT molecular complexity index is 865. The van der Waals surface area contributed by atoms with E-state index in [9.17, 15) is 0 Å². The molecule has 1 N–H and O–H groups in total. The third-order valence-electron chi connectivity index (χ3n) is 5.49. The number of aliphatic imine (C=N–C) groups is 1. The van der Waals surface area contributed by atoms with Crippen molar-refractivity contribution in [2.45, 2.75) is 26.9 Å². The van der Waals surface area contributed by atoms with Gasteiger partial charge in [-0.3, -0.25) is 14.6 Å². The number of methoxy groups -OCH3 is 3. The molecule has 176 valence electrons.